The van der Waals surface area contributed by atoms with E-state index in [0.29, 0.717) is 0 Å². The molecule has 0 aromatic rings. The molecule has 1 fully saturated rings. The highest BCUT2D eigenvalue weighted by Gasteiger charge is 2.43. The fraction of sp³-hybridized carbons (Fsp3) is 1.00. The van der Waals surface area contributed by atoms with Crippen LogP contribution in [0.25, 0.3) is 0 Å². The van der Waals surface area contributed by atoms with Gasteiger partial charge in [-0.1, -0.05) is 0 Å². The molecule has 1 radical (unpaired) electrons. The van der Waals surface area contributed by atoms with Crippen LogP contribution in [-0.2, 0) is 9.84 Å². The van der Waals surface area contributed by atoms with Crippen LogP contribution in [0.1, 0.15) is 0 Å². The molecular weight excluding hydrogens is 168 g/mol. The molecule has 6 nitrogen and oxygen atoms in total. The van der Waals surface area contributed by atoms with Gasteiger partial charge in [-0.25, -0.2) is 0 Å². The number of hydrogen-bond donors (Lipinski definition) is 4. The van der Waals surface area contributed by atoms with Crippen LogP contribution >= 0.6 is 0 Å². The van der Waals surface area contributed by atoms with Crippen molar-refractivity contribution in [2.45, 2.75) is 30.7 Å². The van der Waals surface area contributed by atoms with Gasteiger partial charge < -0.3 is 25.2 Å². The number of aliphatic hydroxyl groups excluding tert-OH is 4. The predicted octanol–water partition coefficient (Wildman–Crippen LogP) is -2.78. The molecule has 1 unspecified atom stereocenters. The SMILES string of the molecule is [O]C1O[C@H](CO)[C@@H](O)[C@H](O)[C@@H]1O. The zero-order valence-electron chi connectivity index (χ0n) is 6.20. The largest absolute Gasteiger partial charge is 0.394 e. The van der Waals surface area contributed by atoms with Gasteiger partial charge in [0.05, 0.1) is 6.61 Å². The monoisotopic (exact) mass is 179 g/mol. The van der Waals surface area contributed by atoms with Crippen LogP contribution in [-0.4, -0.2) is 57.7 Å². The van der Waals surface area contributed by atoms with E-state index < -0.39 is 37.3 Å². The fourth-order valence-electron chi connectivity index (χ4n) is 1.07. The normalized spacial score (nSPS) is 49.2. The van der Waals surface area contributed by atoms with Crippen LogP contribution in [0.4, 0.5) is 0 Å². The lowest BCUT2D eigenvalue weighted by atomic mass is 10.00. The van der Waals surface area contributed by atoms with Crippen LogP contribution in [0.15, 0.2) is 0 Å². The average Bonchev–Trinajstić information content (AvgIpc) is 2.08. The summed E-state index contributed by atoms with van der Waals surface area (Å²) in [5.74, 6) is 0. The van der Waals surface area contributed by atoms with Crippen molar-refractivity contribution in [2.75, 3.05) is 6.61 Å². The second-order valence-electron chi connectivity index (χ2n) is 2.70. The molecule has 1 rings (SSSR count). The topological polar surface area (TPSA) is 110 Å². The summed E-state index contributed by atoms with van der Waals surface area (Å²) in [5, 5.41) is 46.3. The van der Waals surface area contributed by atoms with Gasteiger partial charge in [0.2, 0.25) is 6.29 Å². The van der Waals surface area contributed by atoms with E-state index in [1.165, 1.54) is 0 Å². The zero-order chi connectivity index (χ0) is 9.30. The minimum absolute atomic E-state index is 0.566. The number of ether oxygens (including phenoxy) is 1. The molecule has 71 valence electrons. The average molecular weight is 179 g/mol. The van der Waals surface area contributed by atoms with Gasteiger partial charge in [-0.3, -0.25) is 0 Å². The van der Waals surface area contributed by atoms with E-state index >= 15 is 0 Å². The molecule has 6 heteroatoms. The summed E-state index contributed by atoms with van der Waals surface area (Å²) in [4.78, 5) is 0. The van der Waals surface area contributed by atoms with E-state index in [1.807, 2.05) is 0 Å². The maximum atomic E-state index is 10.7. The Bertz CT molecular complexity index is 146. The number of hydrogen-bond acceptors (Lipinski definition) is 5. The first kappa shape index (κ1) is 9.85. The van der Waals surface area contributed by atoms with Gasteiger partial charge in [-0.15, -0.1) is 0 Å². The lowest BCUT2D eigenvalue weighted by Crippen LogP contribution is -2.58. The van der Waals surface area contributed by atoms with Gasteiger partial charge in [0.25, 0.3) is 0 Å². The molecule has 0 bridgehead atoms. The molecule has 0 saturated carbocycles. The molecule has 0 aromatic carbocycles. The van der Waals surface area contributed by atoms with Crippen LogP contribution in [0, 0.1) is 0 Å². The van der Waals surface area contributed by atoms with Gasteiger partial charge in [0, 0.05) is 0 Å². The van der Waals surface area contributed by atoms with Gasteiger partial charge in [-0.2, -0.15) is 5.11 Å². The Hall–Kier alpha value is -0.240. The molecule has 1 aliphatic rings. The molecule has 4 N–H and O–H groups in total. The van der Waals surface area contributed by atoms with E-state index in [9.17, 15) is 5.11 Å². The van der Waals surface area contributed by atoms with E-state index in [-0.39, 0.29) is 0 Å². The van der Waals surface area contributed by atoms with Crippen molar-refractivity contribution >= 4 is 0 Å². The summed E-state index contributed by atoms with van der Waals surface area (Å²) in [7, 11) is 0. The van der Waals surface area contributed by atoms with Crippen molar-refractivity contribution < 1.29 is 30.3 Å². The van der Waals surface area contributed by atoms with Crippen molar-refractivity contribution in [1.29, 1.82) is 0 Å². The van der Waals surface area contributed by atoms with Crippen LogP contribution in [0.2, 0.25) is 0 Å². The maximum absolute atomic E-state index is 10.7. The Morgan fingerprint density at radius 1 is 1.08 bits per heavy atom. The van der Waals surface area contributed by atoms with Crippen LogP contribution < -0.4 is 0 Å². The predicted molar refractivity (Wildman–Crippen MR) is 34.5 cm³/mol. The highest BCUT2D eigenvalue weighted by Crippen LogP contribution is 2.19. The molecule has 1 saturated heterocycles. The van der Waals surface area contributed by atoms with Crippen LogP contribution in [0.5, 0.6) is 0 Å². The summed E-state index contributed by atoms with van der Waals surface area (Å²) < 4.78 is 4.46. The molecule has 12 heavy (non-hydrogen) atoms. The third-order valence-corrected chi connectivity index (χ3v) is 1.85. The van der Waals surface area contributed by atoms with Crippen molar-refractivity contribution in [3.8, 4) is 0 Å². The third kappa shape index (κ3) is 1.58. The summed E-state index contributed by atoms with van der Waals surface area (Å²) >= 11 is 0. The Morgan fingerprint density at radius 2 is 1.67 bits per heavy atom. The van der Waals surface area contributed by atoms with Crippen molar-refractivity contribution in [3.63, 3.8) is 0 Å². The quantitative estimate of drug-likeness (QED) is 0.348. The van der Waals surface area contributed by atoms with E-state index in [0.717, 1.165) is 0 Å². The maximum Gasteiger partial charge on any atom is 0.220 e. The van der Waals surface area contributed by atoms with E-state index in [1.54, 1.807) is 0 Å². The summed E-state index contributed by atoms with van der Waals surface area (Å²) in [5.41, 5.74) is 0. The molecule has 0 aliphatic carbocycles. The first-order valence-corrected chi connectivity index (χ1v) is 3.54. The molecule has 0 amide bonds. The second-order valence-corrected chi connectivity index (χ2v) is 2.70. The first-order chi connectivity index (χ1) is 5.57. The van der Waals surface area contributed by atoms with Gasteiger partial charge in [0.1, 0.15) is 24.4 Å². The summed E-state index contributed by atoms with van der Waals surface area (Å²) in [6, 6.07) is 0. The van der Waals surface area contributed by atoms with E-state index in [4.69, 9.17) is 20.4 Å². The Kier molecular flexibility index (Phi) is 2.99. The lowest BCUT2D eigenvalue weighted by molar-refractivity contribution is -0.303. The van der Waals surface area contributed by atoms with Gasteiger partial charge >= 0.3 is 0 Å². The van der Waals surface area contributed by atoms with Gasteiger partial charge in [0.15, 0.2) is 0 Å². The molecule has 0 aromatic heterocycles. The van der Waals surface area contributed by atoms with Gasteiger partial charge in [-0.05, 0) is 0 Å². The minimum atomic E-state index is -1.82. The third-order valence-electron chi connectivity index (χ3n) is 1.85. The lowest BCUT2D eigenvalue weighted by Gasteiger charge is -2.36. The minimum Gasteiger partial charge on any atom is -0.394 e. The van der Waals surface area contributed by atoms with Crippen molar-refractivity contribution in [1.82, 2.24) is 0 Å². The molecule has 0 spiro atoms. The molecular formula is C6H11O6. The molecule has 1 heterocycles. The Labute approximate surface area is 68.6 Å². The highest BCUT2D eigenvalue weighted by molar-refractivity contribution is 4.87. The smallest absolute Gasteiger partial charge is 0.220 e. The first-order valence-electron chi connectivity index (χ1n) is 3.54. The van der Waals surface area contributed by atoms with E-state index in [2.05, 4.69) is 4.74 Å². The molecule has 5 atom stereocenters. The Balaban J connectivity index is 2.63. The number of rotatable bonds is 1. The zero-order valence-corrected chi connectivity index (χ0v) is 6.20. The van der Waals surface area contributed by atoms with Crippen molar-refractivity contribution in [3.05, 3.63) is 0 Å². The molecule has 1 aliphatic heterocycles. The Morgan fingerprint density at radius 3 is 2.17 bits per heavy atom. The van der Waals surface area contributed by atoms with Crippen molar-refractivity contribution in [2.24, 2.45) is 0 Å². The standard InChI is InChI=1S/C6H11O6/c7-1-2-3(8)4(9)5(10)6(11)12-2/h2-10H,1H2/t2-,3-,4+,5+,6?/m1/s1. The second kappa shape index (κ2) is 3.65. The highest BCUT2D eigenvalue weighted by atomic mass is 16.6. The number of aliphatic hydroxyl groups is 4. The fourth-order valence-corrected chi connectivity index (χ4v) is 1.07. The summed E-state index contributed by atoms with van der Waals surface area (Å²) in [6.45, 7) is -0.566. The summed E-state index contributed by atoms with van der Waals surface area (Å²) in [6.07, 6.45) is -7.57. The van der Waals surface area contributed by atoms with Crippen LogP contribution in [0.3, 0.4) is 0 Å².